The third-order valence-corrected chi connectivity index (χ3v) is 3.16. The maximum atomic E-state index is 11.6. The van der Waals surface area contributed by atoms with Gasteiger partial charge in [0, 0.05) is 13.1 Å². The van der Waals surface area contributed by atoms with Crippen molar-refractivity contribution in [2.45, 2.75) is 25.0 Å². The normalized spacial score (nSPS) is 10.7. The predicted molar refractivity (Wildman–Crippen MR) is 66.4 cm³/mol. The van der Waals surface area contributed by atoms with Crippen LogP contribution in [-0.2, 0) is 9.59 Å². The second-order valence-corrected chi connectivity index (χ2v) is 4.99. The van der Waals surface area contributed by atoms with Gasteiger partial charge in [-0.2, -0.15) is 0 Å². The minimum absolute atomic E-state index is 0.148. The lowest BCUT2D eigenvalue weighted by Gasteiger charge is -2.14. The van der Waals surface area contributed by atoms with E-state index in [1.165, 1.54) is 23.7 Å². The van der Waals surface area contributed by atoms with Gasteiger partial charge in [0.05, 0.1) is 5.75 Å². The number of carboxylic acid groups (broad SMARTS) is 1. The van der Waals surface area contributed by atoms with Crippen LogP contribution >= 0.6 is 11.8 Å². The zero-order valence-electron chi connectivity index (χ0n) is 10.5. The minimum atomic E-state index is -1.03. The fourth-order valence-electron chi connectivity index (χ4n) is 1.22. The molecule has 100 valence electrons. The molecule has 18 heavy (non-hydrogen) atoms. The Balaban J connectivity index is 2.52. The Morgan fingerprint density at radius 2 is 2.22 bits per heavy atom. The van der Waals surface area contributed by atoms with Crippen molar-refractivity contribution in [3.05, 3.63) is 6.33 Å². The van der Waals surface area contributed by atoms with E-state index in [9.17, 15) is 9.59 Å². The predicted octanol–water partition coefficient (Wildman–Crippen LogP) is 0.494. The summed E-state index contributed by atoms with van der Waals surface area (Å²) >= 11 is 1.25. The molecule has 0 aromatic carbocycles. The van der Waals surface area contributed by atoms with Crippen LogP contribution in [0.5, 0.6) is 0 Å². The van der Waals surface area contributed by atoms with E-state index in [2.05, 4.69) is 10.2 Å². The monoisotopic (exact) mass is 272 g/mol. The topological polar surface area (TPSA) is 88.3 Å². The van der Waals surface area contributed by atoms with Gasteiger partial charge in [-0.25, -0.2) is 0 Å². The maximum absolute atomic E-state index is 11.6. The van der Waals surface area contributed by atoms with Gasteiger partial charge in [-0.3, -0.25) is 9.59 Å². The third kappa shape index (κ3) is 4.02. The summed E-state index contributed by atoms with van der Waals surface area (Å²) in [6, 6.07) is 0.217. The number of aromatic nitrogens is 3. The van der Waals surface area contributed by atoms with Crippen molar-refractivity contribution in [1.82, 2.24) is 19.7 Å². The molecule has 1 heterocycles. The van der Waals surface area contributed by atoms with E-state index in [-0.39, 0.29) is 24.2 Å². The minimum Gasteiger partial charge on any atom is -0.480 e. The van der Waals surface area contributed by atoms with Crippen molar-refractivity contribution in [3.8, 4) is 0 Å². The summed E-state index contributed by atoms with van der Waals surface area (Å²) in [5, 5.41) is 16.9. The van der Waals surface area contributed by atoms with Crippen LogP contribution in [-0.4, -0.2) is 56.0 Å². The number of carbonyl (C=O) groups excluding carboxylic acids is 1. The van der Waals surface area contributed by atoms with Gasteiger partial charge in [0.1, 0.15) is 12.9 Å². The van der Waals surface area contributed by atoms with Crippen molar-refractivity contribution in [2.24, 2.45) is 0 Å². The average Bonchev–Trinajstić information content (AvgIpc) is 2.72. The maximum Gasteiger partial charge on any atom is 0.323 e. The molecule has 7 nitrogen and oxygen atoms in total. The number of aliphatic carboxylic acids is 1. The summed E-state index contributed by atoms with van der Waals surface area (Å²) in [5.74, 6) is -1.13. The van der Waals surface area contributed by atoms with Crippen LogP contribution < -0.4 is 0 Å². The molecule has 0 spiro atoms. The van der Waals surface area contributed by atoms with Gasteiger partial charge in [-0.05, 0) is 13.8 Å². The Morgan fingerprint density at radius 3 is 2.78 bits per heavy atom. The van der Waals surface area contributed by atoms with Gasteiger partial charge in [-0.1, -0.05) is 11.8 Å². The molecule has 0 aliphatic carbocycles. The van der Waals surface area contributed by atoms with Crippen LogP contribution in [0.3, 0.4) is 0 Å². The zero-order valence-corrected chi connectivity index (χ0v) is 11.3. The highest BCUT2D eigenvalue weighted by Crippen LogP contribution is 2.18. The van der Waals surface area contributed by atoms with Gasteiger partial charge in [-0.15, -0.1) is 10.2 Å². The number of carboxylic acids is 1. The number of rotatable bonds is 6. The van der Waals surface area contributed by atoms with E-state index >= 15 is 0 Å². The fourth-order valence-corrected chi connectivity index (χ4v) is 2.20. The highest BCUT2D eigenvalue weighted by molar-refractivity contribution is 7.99. The molecule has 0 bridgehead atoms. The highest BCUT2D eigenvalue weighted by Gasteiger charge is 2.15. The lowest BCUT2D eigenvalue weighted by atomic mass is 10.4. The second-order valence-electron chi connectivity index (χ2n) is 4.05. The van der Waals surface area contributed by atoms with E-state index in [1.54, 1.807) is 6.33 Å². The quantitative estimate of drug-likeness (QED) is 0.758. The molecule has 8 heteroatoms. The Hall–Kier alpha value is -1.57. The van der Waals surface area contributed by atoms with Crippen LogP contribution in [0.2, 0.25) is 0 Å². The van der Waals surface area contributed by atoms with Crippen LogP contribution in [0, 0.1) is 0 Å². The van der Waals surface area contributed by atoms with E-state index in [0.717, 1.165) is 0 Å². The van der Waals surface area contributed by atoms with Gasteiger partial charge >= 0.3 is 5.97 Å². The number of hydrogen-bond acceptors (Lipinski definition) is 5. The molecule has 0 unspecified atom stereocenters. The number of hydrogen-bond donors (Lipinski definition) is 1. The van der Waals surface area contributed by atoms with Crippen molar-refractivity contribution < 1.29 is 14.7 Å². The highest BCUT2D eigenvalue weighted by atomic mass is 32.2. The number of amides is 1. The van der Waals surface area contributed by atoms with E-state index in [0.29, 0.717) is 5.16 Å². The van der Waals surface area contributed by atoms with Crippen LogP contribution in [0.15, 0.2) is 11.5 Å². The summed E-state index contributed by atoms with van der Waals surface area (Å²) < 4.78 is 1.86. The molecule has 1 aromatic rings. The Labute approximate surface area is 109 Å². The Kier molecular flexibility index (Phi) is 5.14. The van der Waals surface area contributed by atoms with Crippen molar-refractivity contribution in [3.63, 3.8) is 0 Å². The molecule has 1 rings (SSSR count). The third-order valence-electron chi connectivity index (χ3n) is 2.22. The number of nitrogens with zero attached hydrogens (tertiary/aromatic N) is 4. The van der Waals surface area contributed by atoms with Crippen molar-refractivity contribution in [2.75, 3.05) is 19.3 Å². The summed E-state index contributed by atoms with van der Waals surface area (Å²) in [7, 11) is 1.46. The summed E-state index contributed by atoms with van der Waals surface area (Å²) in [4.78, 5) is 23.3. The van der Waals surface area contributed by atoms with Gasteiger partial charge in [0.25, 0.3) is 0 Å². The van der Waals surface area contributed by atoms with E-state index in [1.807, 2.05) is 18.4 Å². The average molecular weight is 272 g/mol. The van der Waals surface area contributed by atoms with Crippen LogP contribution in [0.1, 0.15) is 19.9 Å². The number of likely N-dealkylation sites (N-methyl/N-ethyl adjacent to an activating group) is 1. The summed E-state index contributed by atoms with van der Waals surface area (Å²) in [5.41, 5.74) is 0. The molecule has 1 amide bonds. The first kappa shape index (κ1) is 14.5. The second kappa shape index (κ2) is 6.39. The van der Waals surface area contributed by atoms with Gasteiger partial charge in [0.15, 0.2) is 5.16 Å². The first-order valence-corrected chi connectivity index (χ1v) is 6.38. The first-order chi connectivity index (χ1) is 8.41. The molecule has 0 saturated carbocycles. The standard InChI is InChI=1S/C10H16N4O3S/c1-7(2)14-6-11-12-10(14)18-5-8(15)13(3)4-9(16)17/h6-7H,4-5H2,1-3H3,(H,16,17). The molecule has 0 atom stereocenters. The molecular weight excluding hydrogens is 256 g/mol. The smallest absolute Gasteiger partial charge is 0.323 e. The van der Waals surface area contributed by atoms with Gasteiger partial charge in [0.2, 0.25) is 5.91 Å². The molecule has 0 saturated heterocycles. The Bertz CT molecular complexity index is 433. The van der Waals surface area contributed by atoms with Crippen LogP contribution in [0.25, 0.3) is 0 Å². The Morgan fingerprint density at radius 1 is 1.56 bits per heavy atom. The lowest BCUT2D eigenvalue weighted by molar-refractivity contribution is -0.142. The van der Waals surface area contributed by atoms with E-state index in [4.69, 9.17) is 5.11 Å². The molecular formula is C10H16N4O3S. The van der Waals surface area contributed by atoms with Crippen molar-refractivity contribution >= 4 is 23.6 Å². The van der Waals surface area contributed by atoms with Crippen LogP contribution in [0.4, 0.5) is 0 Å². The zero-order chi connectivity index (χ0) is 13.7. The van der Waals surface area contributed by atoms with Gasteiger partial charge < -0.3 is 14.6 Å². The molecule has 0 aliphatic rings. The van der Waals surface area contributed by atoms with E-state index < -0.39 is 5.97 Å². The number of carbonyl (C=O) groups is 2. The lowest BCUT2D eigenvalue weighted by Crippen LogP contribution is -2.33. The largest absolute Gasteiger partial charge is 0.480 e. The fraction of sp³-hybridized carbons (Fsp3) is 0.600. The molecule has 1 N–H and O–H groups in total. The molecule has 0 aliphatic heterocycles. The summed E-state index contributed by atoms with van der Waals surface area (Å²) in [6.45, 7) is 3.69. The van der Waals surface area contributed by atoms with Crippen molar-refractivity contribution in [1.29, 1.82) is 0 Å². The molecule has 1 aromatic heterocycles. The number of thioether (sulfide) groups is 1. The first-order valence-electron chi connectivity index (χ1n) is 5.40. The SMILES string of the molecule is CC(C)n1cnnc1SCC(=O)N(C)CC(=O)O. The molecule has 0 radical (unpaired) electrons. The summed E-state index contributed by atoms with van der Waals surface area (Å²) in [6.07, 6.45) is 1.61. The molecule has 0 fully saturated rings.